The van der Waals surface area contributed by atoms with Crippen molar-refractivity contribution in [3.63, 3.8) is 0 Å². The van der Waals surface area contributed by atoms with E-state index < -0.39 is 0 Å². The monoisotopic (exact) mass is 299 g/mol. The van der Waals surface area contributed by atoms with Gasteiger partial charge in [-0.05, 0) is 67.4 Å². The molecule has 0 bridgehead atoms. The summed E-state index contributed by atoms with van der Waals surface area (Å²) in [5.41, 5.74) is 2.84. The van der Waals surface area contributed by atoms with Crippen LogP contribution in [0.25, 0.3) is 0 Å². The molecule has 1 saturated carbocycles. The van der Waals surface area contributed by atoms with Crippen molar-refractivity contribution in [1.29, 1.82) is 0 Å². The molecule has 1 aliphatic rings. The van der Waals surface area contributed by atoms with Crippen LogP contribution in [0.4, 0.5) is 0 Å². The summed E-state index contributed by atoms with van der Waals surface area (Å²) in [4.78, 5) is 0. The molecule has 1 N–H and O–H groups in total. The Labute approximate surface area is 132 Å². The molecule has 0 saturated heterocycles. The van der Waals surface area contributed by atoms with Gasteiger partial charge in [-0.3, -0.25) is 0 Å². The molecule has 0 radical (unpaired) electrons. The zero-order valence-electron chi connectivity index (χ0n) is 12.4. The molecule has 1 aliphatic carbocycles. The molecule has 3 atom stereocenters. The van der Waals surface area contributed by atoms with Crippen LogP contribution in [0.2, 0.25) is 5.02 Å². The standard InChI is InChI=1S/C19H22ClN/c1-21-13-16(10-14-6-5-9-17(20)11-14)19-12-18(19)15-7-3-2-4-8-15/h2-9,11,16,18-19,21H,10,12-13H2,1H3. The van der Waals surface area contributed by atoms with Crippen molar-refractivity contribution < 1.29 is 0 Å². The fraction of sp³-hybridized carbons (Fsp3) is 0.368. The molecule has 1 fully saturated rings. The van der Waals surface area contributed by atoms with Gasteiger partial charge >= 0.3 is 0 Å². The molecule has 2 aromatic carbocycles. The van der Waals surface area contributed by atoms with E-state index in [2.05, 4.69) is 53.8 Å². The minimum absolute atomic E-state index is 0.679. The van der Waals surface area contributed by atoms with Crippen LogP contribution in [0.15, 0.2) is 54.6 Å². The summed E-state index contributed by atoms with van der Waals surface area (Å²) in [6.45, 7) is 1.07. The summed E-state index contributed by atoms with van der Waals surface area (Å²) in [6, 6.07) is 19.2. The van der Waals surface area contributed by atoms with Crippen molar-refractivity contribution in [2.45, 2.75) is 18.8 Å². The van der Waals surface area contributed by atoms with Gasteiger partial charge in [-0.2, -0.15) is 0 Å². The zero-order valence-corrected chi connectivity index (χ0v) is 13.2. The number of nitrogens with one attached hydrogen (secondary N) is 1. The van der Waals surface area contributed by atoms with Crippen molar-refractivity contribution in [3.05, 3.63) is 70.7 Å². The normalized spacial score (nSPS) is 22.0. The van der Waals surface area contributed by atoms with E-state index in [4.69, 9.17) is 11.6 Å². The minimum atomic E-state index is 0.679. The van der Waals surface area contributed by atoms with E-state index in [-0.39, 0.29) is 0 Å². The van der Waals surface area contributed by atoms with Gasteiger partial charge in [0.1, 0.15) is 0 Å². The first-order valence-electron chi connectivity index (χ1n) is 7.72. The van der Waals surface area contributed by atoms with Gasteiger partial charge < -0.3 is 5.32 Å². The number of hydrogen-bond acceptors (Lipinski definition) is 1. The van der Waals surface area contributed by atoms with Gasteiger partial charge in [0.2, 0.25) is 0 Å². The number of hydrogen-bond donors (Lipinski definition) is 1. The molecular weight excluding hydrogens is 278 g/mol. The number of rotatable bonds is 6. The maximum Gasteiger partial charge on any atom is 0.0408 e. The highest BCUT2D eigenvalue weighted by molar-refractivity contribution is 6.30. The zero-order chi connectivity index (χ0) is 14.7. The first-order chi connectivity index (χ1) is 10.3. The fourth-order valence-electron chi connectivity index (χ4n) is 3.42. The fourth-order valence-corrected chi connectivity index (χ4v) is 3.64. The smallest absolute Gasteiger partial charge is 0.0408 e. The molecule has 0 heterocycles. The van der Waals surface area contributed by atoms with Crippen LogP contribution in [0.1, 0.15) is 23.5 Å². The second-order valence-corrected chi connectivity index (χ2v) is 6.50. The van der Waals surface area contributed by atoms with Gasteiger partial charge in [-0.25, -0.2) is 0 Å². The van der Waals surface area contributed by atoms with E-state index in [1.165, 1.54) is 17.5 Å². The van der Waals surface area contributed by atoms with Gasteiger partial charge in [0.05, 0.1) is 0 Å². The second kappa shape index (κ2) is 6.64. The van der Waals surface area contributed by atoms with Crippen LogP contribution in [-0.4, -0.2) is 13.6 Å². The van der Waals surface area contributed by atoms with Crippen molar-refractivity contribution in [2.75, 3.05) is 13.6 Å². The van der Waals surface area contributed by atoms with E-state index >= 15 is 0 Å². The van der Waals surface area contributed by atoms with Crippen molar-refractivity contribution in [2.24, 2.45) is 11.8 Å². The van der Waals surface area contributed by atoms with Crippen LogP contribution in [-0.2, 0) is 6.42 Å². The van der Waals surface area contributed by atoms with Crippen LogP contribution < -0.4 is 5.32 Å². The molecule has 3 rings (SSSR count). The van der Waals surface area contributed by atoms with Gasteiger partial charge in [0, 0.05) is 5.02 Å². The maximum absolute atomic E-state index is 6.11. The van der Waals surface area contributed by atoms with Gasteiger partial charge in [0.15, 0.2) is 0 Å². The predicted molar refractivity (Wildman–Crippen MR) is 89.9 cm³/mol. The molecule has 21 heavy (non-hydrogen) atoms. The largest absolute Gasteiger partial charge is 0.319 e. The van der Waals surface area contributed by atoms with Gasteiger partial charge in [-0.15, -0.1) is 0 Å². The van der Waals surface area contributed by atoms with E-state index in [1.807, 2.05) is 13.1 Å². The van der Waals surface area contributed by atoms with Crippen molar-refractivity contribution in [3.8, 4) is 0 Å². The summed E-state index contributed by atoms with van der Waals surface area (Å²) in [7, 11) is 2.05. The van der Waals surface area contributed by atoms with Gasteiger partial charge in [0.25, 0.3) is 0 Å². The quantitative estimate of drug-likeness (QED) is 0.827. The number of halogens is 1. The van der Waals surface area contributed by atoms with E-state index in [0.717, 1.165) is 29.8 Å². The highest BCUT2D eigenvalue weighted by Gasteiger charge is 2.43. The SMILES string of the molecule is CNCC(Cc1cccc(Cl)c1)C1CC1c1ccccc1. The summed E-state index contributed by atoms with van der Waals surface area (Å²) < 4.78 is 0. The molecule has 2 heteroatoms. The first-order valence-corrected chi connectivity index (χ1v) is 8.09. The Hall–Kier alpha value is -1.31. The molecule has 110 valence electrons. The topological polar surface area (TPSA) is 12.0 Å². The third kappa shape index (κ3) is 3.66. The summed E-state index contributed by atoms with van der Waals surface area (Å²) >= 11 is 6.11. The second-order valence-electron chi connectivity index (χ2n) is 6.07. The Balaban J connectivity index is 1.69. The molecule has 0 spiro atoms. The van der Waals surface area contributed by atoms with Crippen molar-refractivity contribution in [1.82, 2.24) is 5.32 Å². The van der Waals surface area contributed by atoms with Gasteiger partial charge in [-0.1, -0.05) is 54.1 Å². The molecule has 1 nitrogen and oxygen atoms in total. The summed E-state index contributed by atoms with van der Waals surface area (Å²) in [5, 5.41) is 4.20. The third-order valence-corrected chi connectivity index (χ3v) is 4.76. The van der Waals surface area contributed by atoms with E-state index in [1.54, 1.807) is 0 Å². The van der Waals surface area contributed by atoms with E-state index in [0.29, 0.717) is 5.92 Å². The van der Waals surface area contributed by atoms with Crippen molar-refractivity contribution >= 4 is 11.6 Å². The van der Waals surface area contributed by atoms with Crippen LogP contribution >= 0.6 is 11.6 Å². The minimum Gasteiger partial charge on any atom is -0.319 e. The molecule has 0 aliphatic heterocycles. The third-order valence-electron chi connectivity index (χ3n) is 4.53. The predicted octanol–water partition coefficient (Wildman–Crippen LogP) is 4.52. The molecule has 0 amide bonds. The Morgan fingerprint density at radius 1 is 1.14 bits per heavy atom. The highest BCUT2D eigenvalue weighted by atomic mass is 35.5. The lowest BCUT2D eigenvalue weighted by atomic mass is 9.92. The lowest BCUT2D eigenvalue weighted by Gasteiger charge is -2.17. The molecule has 3 unspecified atom stereocenters. The summed E-state index contributed by atoms with van der Waals surface area (Å²) in [5.74, 6) is 2.21. The Bertz CT molecular complexity index is 581. The average molecular weight is 300 g/mol. The lowest BCUT2D eigenvalue weighted by Crippen LogP contribution is -2.23. The first kappa shape index (κ1) is 14.6. The summed E-state index contributed by atoms with van der Waals surface area (Å²) in [6.07, 6.45) is 2.42. The molecule has 2 aromatic rings. The lowest BCUT2D eigenvalue weighted by molar-refractivity contribution is 0.431. The Kier molecular flexibility index (Phi) is 4.62. The maximum atomic E-state index is 6.11. The van der Waals surface area contributed by atoms with E-state index in [9.17, 15) is 0 Å². The Morgan fingerprint density at radius 2 is 1.95 bits per heavy atom. The van der Waals surface area contributed by atoms with Crippen LogP contribution in [0, 0.1) is 11.8 Å². The average Bonchev–Trinajstić information content (AvgIpc) is 3.28. The van der Waals surface area contributed by atoms with Crippen LogP contribution in [0.5, 0.6) is 0 Å². The number of benzene rings is 2. The van der Waals surface area contributed by atoms with Crippen LogP contribution in [0.3, 0.4) is 0 Å². The molecular formula is C19H22ClN. The molecule has 0 aromatic heterocycles. The Morgan fingerprint density at radius 3 is 2.67 bits per heavy atom. The highest BCUT2D eigenvalue weighted by Crippen LogP contribution is 2.52.